The summed E-state index contributed by atoms with van der Waals surface area (Å²) < 4.78 is 58.1. The SMILES string of the molecule is CSS[C@@H](CC[C@H](NC(=O)OC(C)(C)C)C(=O)O[C@H]1[C@@H](O)[C@H](n2cnc3c(N)ncnc32)O[C@@H]1CO[P+](O)(O)O[C@H]1C[C@H](n2ccc(N)nc2=O)O[C@@H]1COP(=O)(O)O)CNC(=O)OCc1ccc(N=[N+]=[N-])cc1. The number of aliphatic hydroxyl groups is 1. The predicted molar refractivity (Wildman–Crippen MR) is 262 cm³/mol. The average Bonchev–Trinajstić information content (AvgIpc) is 4.02. The minimum absolute atomic E-state index is 0.0205. The van der Waals surface area contributed by atoms with Gasteiger partial charge in [0.1, 0.15) is 73.2 Å². The number of ether oxygens (including phenoxy) is 5. The van der Waals surface area contributed by atoms with Crippen LogP contribution in [0.1, 0.15) is 58.1 Å². The molecule has 74 heavy (non-hydrogen) atoms. The number of nitrogens with two attached hydrogens (primary N) is 2. The molecule has 3 aromatic heterocycles. The normalized spacial score (nSPS) is 21.9. The van der Waals surface area contributed by atoms with Crippen LogP contribution in [-0.2, 0) is 53.2 Å². The highest BCUT2D eigenvalue weighted by atomic mass is 33.1. The summed E-state index contributed by atoms with van der Waals surface area (Å²) >= 11 is 0. The fourth-order valence-electron chi connectivity index (χ4n) is 7.31. The third kappa shape index (κ3) is 16.5. The van der Waals surface area contributed by atoms with Gasteiger partial charge in [0.25, 0.3) is 0 Å². The van der Waals surface area contributed by atoms with Gasteiger partial charge in [-0.1, -0.05) is 51.0 Å². The second kappa shape index (κ2) is 25.4. The molecule has 35 heteroatoms. The molecule has 2 amide bonds. The van der Waals surface area contributed by atoms with Crippen LogP contribution >= 0.6 is 37.6 Å². The summed E-state index contributed by atoms with van der Waals surface area (Å²) in [6.07, 6.45) is -7.38. The van der Waals surface area contributed by atoms with Gasteiger partial charge >= 0.3 is 39.8 Å². The van der Waals surface area contributed by atoms with Crippen molar-refractivity contribution < 1.29 is 80.9 Å². The number of hydrogen-bond donors (Lipinski definition) is 9. The fraction of sp³-hybridized carbons (Fsp3) is 0.538. The maximum Gasteiger partial charge on any atom is 0.570 e. The Kier molecular flexibility index (Phi) is 19.8. The van der Waals surface area contributed by atoms with Crippen LogP contribution in [0.15, 0.2) is 59.1 Å². The van der Waals surface area contributed by atoms with Gasteiger partial charge in [0.2, 0.25) is 0 Å². The van der Waals surface area contributed by atoms with Gasteiger partial charge in [-0.2, -0.15) is 19.3 Å². The van der Waals surface area contributed by atoms with Gasteiger partial charge in [-0.3, -0.25) is 13.7 Å². The smallest absolute Gasteiger partial charge is 0.455 e. The minimum Gasteiger partial charge on any atom is -0.455 e. The van der Waals surface area contributed by atoms with Gasteiger partial charge in [0.15, 0.2) is 23.8 Å². The Morgan fingerprint density at radius 3 is 2.47 bits per heavy atom. The maximum atomic E-state index is 14.3. The van der Waals surface area contributed by atoms with Gasteiger partial charge in [-0.05, 0) is 57.0 Å². The number of rotatable bonds is 23. The van der Waals surface area contributed by atoms with Crippen LogP contribution in [0.4, 0.5) is 26.9 Å². The molecule has 2 aliphatic heterocycles. The number of imidazole rings is 1. The van der Waals surface area contributed by atoms with Crippen LogP contribution in [0.25, 0.3) is 21.6 Å². The van der Waals surface area contributed by atoms with Crippen molar-refractivity contribution in [2.45, 2.75) is 107 Å². The fourth-order valence-corrected chi connectivity index (χ4v) is 10.6. The molecule has 2 saturated heterocycles. The molecule has 0 unspecified atom stereocenters. The Hall–Kier alpha value is -5.47. The summed E-state index contributed by atoms with van der Waals surface area (Å²) in [5.74, 6) is -1.24. The molecule has 0 bridgehead atoms. The predicted octanol–water partition coefficient (Wildman–Crippen LogP) is 2.80. The Balaban J connectivity index is 1.19. The van der Waals surface area contributed by atoms with E-state index in [1.165, 1.54) is 44.7 Å². The molecule has 2 fully saturated rings. The molecular formula is C39H54N13O18P2S2+. The van der Waals surface area contributed by atoms with Crippen molar-refractivity contribution in [1.82, 2.24) is 39.7 Å². The molecule has 2 aliphatic rings. The lowest BCUT2D eigenvalue weighted by Gasteiger charge is -2.26. The molecule has 5 heterocycles. The lowest BCUT2D eigenvalue weighted by molar-refractivity contribution is -0.159. The van der Waals surface area contributed by atoms with Crippen molar-refractivity contribution in [3.8, 4) is 0 Å². The van der Waals surface area contributed by atoms with E-state index in [1.54, 1.807) is 51.3 Å². The van der Waals surface area contributed by atoms with Gasteiger partial charge < -0.3 is 60.7 Å². The number of alkyl carbamates (subject to hydrolysis) is 2. The first-order valence-corrected chi connectivity index (χ1v) is 27.7. The summed E-state index contributed by atoms with van der Waals surface area (Å²) in [6, 6.07) is 6.18. The number of phosphoric ester groups is 1. The highest BCUT2D eigenvalue weighted by Gasteiger charge is 2.54. The number of carbonyl (C=O) groups excluding carboxylic acids is 3. The quantitative estimate of drug-likeness (QED) is 0.00980. The molecule has 31 nitrogen and oxygen atoms in total. The van der Waals surface area contributed by atoms with Gasteiger partial charge in [-0.15, -0.1) is 4.52 Å². The number of hydrogen-bond acceptors (Lipinski definition) is 25. The summed E-state index contributed by atoms with van der Waals surface area (Å²) in [4.78, 5) is 113. The largest absolute Gasteiger partial charge is 0.570 e. The molecule has 6 rings (SSSR count). The molecule has 11 N–H and O–H groups in total. The summed E-state index contributed by atoms with van der Waals surface area (Å²) in [7, 11) is -7.43. The topological polar surface area (TPSA) is 447 Å². The molecular weight excluding hydrogens is 1060 g/mol. The van der Waals surface area contributed by atoms with E-state index in [2.05, 4.69) is 45.1 Å². The average molecular weight is 1120 g/mol. The van der Waals surface area contributed by atoms with E-state index in [0.29, 0.717) is 11.3 Å². The zero-order valence-corrected chi connectivity index (χ0v) is 43.1. The molecule has 9 atom stereocenters. The van der Waals surface area contributed by atoms with Crippen molar-refractivity contribution in [3.05, 3.63) is 75.7 Å². The van der Waals surface area contributed by atoms with Crippen LogP contribution in [0.2, 0.25) is 0 Å². The van der Waals surface area contributed by atoms with Crippen LogP contribution in [0.3, 0.4) is 0 Å². The summed E-state index contributed by atoms with van der Waals surface area (Å²) in [6.45, 7) is 3.02. The monoisotopic (exact) mass is 1120 g/mol. The Labute approximate surface area is 428 Å². The number of amides is 2. The molecule has 0 radical (unpaired) electrons. The molecule has 0 spiro atoms. The van der Waals surface area contributed by atoms with Gasteiger partial charge in [0, 0.05) is 35.0 Å². The van der Waals surface area contributed by atoms with E-state index in [4.69, 9.17) is 49.7 Å². The Morgan fingerprint density at radius 2 is 1.80 bits per heavy atom. The van der Waals surface area contributed by atoms with Crippen LogP contribution in [0.5, 0.6) is 0 Å². The number of esters is 1. The number of aliphatic hydroxyl groups excluding tert-OH is 1. The standard InChI is InChI=1S/C39H53N13O18P2S2/c1-39(2,3)69-38(57)47-23(10-9-22(74-73-4)14-43-37(56)63-15-20-5-7-21(8-6-20)49-50-42)35(54)68-31-26(67-34(30(31)53)52-19-46-29-32(41)44-18-45-33(29)52)17-65-72(61,62)70-24-13-28(51-12-11-27(40)48-36(51)55)66-25(24)16-64-71(58,59)60/h5-8,11-12,18-19,22-26,28,30-31,34,53,61-62H,9-10,13-17H2,1-4H3,(H7-,40,41,43,44,45,47,48,55,56,57,58,59,60)/p+1/t22-,23-,24-,25+,26+,28+,30+,31+,34+/m0/s1. The number of phosphoric acid groups is 1. The number of carbonyl (C=O) groups is 3. The van der Waals surface area contributed by atoms with E-state index in [0.717, 1.165) is 10.9 Å². The van der Waals surface area contributed by atoms with E-state index < -0.39 is 108 Å². The summed E-state index contributed by atoms with van der Waals surface area (Å²) in [5.41, 5.74) is 19.6. The lowest BCUT2D eigenvalue weighted by atomic mass is 10.1. The number of nitrogens with one attached hydrogen (secondary N) is 2. The first-order valence-electron chi connectivity index (χ1n) is 22.0. The maximum absolute atomic E-state index is 14.3. The van der Waals surface area contributed by atoms with Gasteiger partial charge in [-0.25, -0.2) is 38.7 Å². The van der Waals surface area contributed by atoms with Gasteiger partial charge in [0.05, 0.1) is 12.9 Å². The Morgan fingerprint density at radius 1 is 1.05 bits per heavy atom. The molecule has 0 aliphatic carbocycles. The van der Waals surface area contributed by atoms with E-state index >= 15 is 0 Å². The van der Waals surface area contributed by atoms with Crippen LogP contribution < -0.4 is 27.8 Å². The first kappa shape index (κ1) is 57.8. The van der Waals surface area contributed by atoms with E-state index in [9.17, 15) is 48.4 Å². The zero-order chi connectivity index (χ0) is 54.0. The van der Waals surface area contributed by atoms with E-state index in [-0.39, 0.29) is 60.5 Å². The van der Waals surface area contributed by atoms with Crippen molar-refractivity contribution in [2.75, 3.05) is 37.5 Å². The van der Waals surface area contributed by atoms with Crippen LogP contribution in [-0.4, -0.2) is 145 Å². The molecule has 404 valence electrons. The lowest BCUT2D eigenvalue weighted by Crippen LogP contribution is -2.48. The number of benzene rings is 1. The second-order valence-electron chi connectivity index (χ2n) is 17.1. The molecule has 4 aromatic rings. The first-order chi connectivity index (χ1) is 34.9. The molecule has 0 saturated carbocycles. The van der Waals surface area contributed by atoms with Crippen molar-refractivity contribution in [1.29, 1.82) is 0 Å². The van der Waals surface area contributed by atoms with Crippen molar-refractivity contribution >= 4 is 84.2 Å². The second-order valence-corrected chi connectivity index (χ2v) is 22.6. The third-order valence-corrected chi connectivity index (χ3v) is 14.4. The number of nitrogens with zero attached hydrogens (tertiary/aromatic N) is 9. The minimum atomic E-state index is -5.10. The highest BCUT2D eigenvalue weighted by molar-refractivity contribution is 8.76. The number of aromatic nitrogens is 6. The Bertz CT molecular complexity index is 2750. The number of nitrogen functional groups attached to an aromatic ring is 2. The number of fused-ring (bicyclic) bond motifs is 1. The zero-order valence-electron chi connectivity index (χ0n) is 39.7. The van der Waals surface area contributed by atoms with Crippen molar-refractivity contribution in [2.24, 2.45) is 5.11 Å². The van der Waals surface area contributed by atoms with E-state index in [1.807, 2.05) is 0 Å². The summed E-state index contributed by atoms with van der Waals surface area (Å²) in [5, 5.41) is 20.2. The highest BCUT2D eigenvalue weighted by Crippen LogP contribution is 2.56. The number of azide groups is 1. The number of anilines is 2. The van der Waals surface area contributed by atoms with Crippen molar-refractivity contribution in [3.63, 3.8) is 0 Å². The molecule has 1 aromatic carbocycles. The third-order valence-electron chi connectivity index (χ3n) is 10.6. The van der Waals surface area contributed by atoms with Crippen LogP contribution in [0, 0.1) is 0 Å².